The Morgan fingerprint density at radius 1 is 1.14 bits per heavy atom. The van der Waals surface area contributed by atoms with Crippen LogP contribution in [0.2, 0.25) is 5.02 Å². The molecule has 0 aromatic heterocycles. The highest BCUT2D eigenvalue weighted by molar-refractivity contribution is 8.00. The maximum Gasteiger partial charge on any atom is 0.409 e. The summed E-state index contributed by atoms with van der Waals surface area (Å²) >= 11 is 7.98. The second-order valence-corrected chi connectivity index (χ2v) is 17.2. The Morgan fingerprint density at radius 2 is 1.83 bits per heavy atom. The molecular formula is C40H53ClN4O12S. The van der Waals surface area contributed by atoms with Gasteiger partial charge in [0.2, 0.25) is 23.6 Å². The molecule has 58 heavy (non-hydrogen) atoms. The molecule has 4 heterocycles. The van der Waals surface area contributed by atoms with Crippen molar-refractivity contribution in [3.8, 4) is 5.75 Å². The van der Waals surface area contributed by atoms with Crippen LogP contribution >= 0.6 is 23.4 Å². The number of rotatable bonds is 9. The molecule has 4 bridgehead atoms. The summed E-state index contributed by atoms with van der Waals surface area (Å²) in [5, 5.41) is 13.9. The maximum absolute atomic E-state index is 14.2. The number of carbonyl (C=O) groups excluding carboxylic acids is 6. The smallest absolute Gasteiger partial charge is 0.409 e. The molecule has 0 spiro atoms. The van der Waals surface area contributed by atoms with Crippen LogP contribution in [0.25, 0.3) is 0 Å². The fourth-order valence-corrected chi connectivity index (χ4v) is 8.99. The average molecular weight is 849 g/mol. The average Bonchev–Trinajstić information content (AvgIpc) is 3.81. The zero-order valence-corrected chi connectivity index (χ0v) is 35.8. The molecule has 2 N–H and O–H groups in total. The van der Waals surface area contributed by atoms with Crippen LogP contribution in [0.1, 0.15) is 58.9 Å². The molecule has 5 amide bonds. The van der Waals surface area contributed by atoms with Crippen molar-refractivity contribution in [1.29, 1.82) is 0 Å². The van der Waals surface area contributed by atoms with Crippen molar-refractivity contribution in [3.05, 3.63) is 46.5 Å². The van der Waals surface area contributed by atoms with Crippen LogP contribution in [-0.2, 0) is 49.3 Å². The summed E-state index contributed by atoms with van der Waals surface area (Å²) < 4.78 is 29.2. The van der Waals surface area contributed by atoms with Crippen molar-refractivity contribution in [2.75, 3.05) is 46.0 Å². The predicted octanol–water partition coefficient (Wildman–Crippen LogP) is 3.40. The van der Waals surface area contributed by atoms with Crippen molar-refractivity contribution in [2.45, 2.75) is 107 Å². The number of esters is 1. The standard InChI is InChI=1S/C40H53ClN4O12S/c1-21-11-10-12-29(54-9)40(52)20-27(55-38(51)42-40)22(2)35-39(4,57-35)30(19-33(48)44(6)25-16-24(15-21)17-26(53-8)34(25)41)56-37(50)23(3)43(5)31(46)13-14-58-28-18-32(47)45(7)36(28)49/h10-12,16-17,22-23,27-30,35,52H,13-15,18-20H2,1-9H3,(H,42,51)/b12-10+,21-11+/t22-,23+,27+,28?,29-,30+,35+,39+,40?/m1/s1. The quantitative estimate of drug-likeness (QED) is 0.209. The van der Waals surface area contributed by atoms with Crippen LogP contribution in [0.3, 0.4) is 0 Å². The fourth-order valence-electron chi connectivity index (χ4n) is 7.53. The monoisotopic (exact) mass is 848 g/mol. The molecule has 4 aliphatic rings. The number of carbonyl (C=O) groups is 6. The number of alkyl carbamates (subject to hydrolysis) is 1. The van der Waals surface area contributed by atoms with Crippen molar-refractivity contribution in [3.63, 3.8) is 0 Å². The molecule has 3 fully saturated rings. The van der Waals surface area contributed by atoms with E-state index in [-0.39, 0.29) is 48.3 Å². The minimum Gasteiger partial charge on any atom is -0.495 e. The van der Waals surface area contributed by atoms with Gasteiger partial charge in [-0.2, -0.15) is 0 Å². The van der Waals surface area contributed by atoms with Crippen LogP contribution in [-0.4, -0.2) is 139 Å². The molecule has 18 heteroatoms. The molecule has 0 aliphatic carbocycles. The van der Waals surface area contributed by atoms with Gasteiger partial charge in [-0.25, -0.2) is 9.59 Å². The third kappa shape index (κ3) is 9.49. The number of allylic oxidation sites excluding steroid dienone is 3. The van der Waals surface area contributed by atoms with Gasteiger partial charge in [0.1, 0.15) is 40.7 Å². The highest BCUT2D eigenvalue weighted by Crippen LogP contribution is 2.49. The number of methoxy groups -OCH3 is 2. The van der Waals surface area contributed by atoms with Gasteiger partial charge in [0, 0.05) is 59.2 Å². The number of imide groups is 1. The second kappa shape index (κ2) is 18.0. The summed E-state index contributed by atoms with van der Waals surface area (Å²) in [6, 6.07) is 2.45. The zero-order valence-electron chi connectivity index (χ0n) is 34.2. The molecule has 0 radical (unpaired) electrons. The number of nitrogens with one attached hydrogen (secondary N) is 1. The van der Waals surface area contributed by atoms with Gasteiger partial charge >= 0.3 is 12.1 Å². The second-order valence-electron chi connectivity index (χ2n) is 15.5. The number of likely N-dealkylation sites (N-methyl/N-ethyl adjacent to an activating group) is 1. The van der Waals surface area contributed by atoms with E-state index in [1.807, 2.05) is 13.0 Å². The van der Waals surface area contributed by atoms with E-state index in [1.165, 1.54) is 56.8 Å². The van der Waals surface area contributed by atoms with Crippen molar-refractivity contribution >= 4 is 64.7 Å². The Labute approximate surface area is 347 Å². The number of epoxide rings is 1. The number of thioether (sulfide) groups is 1. The van der Waals surface area contributed by atoms with E-state index in [4.69, 9.17) is 35.3 Å². The van der Waals surface area contributed by atoms with E-state index in [0.717, 1.165) is 16.0 Å². The zero-order chi connectivity index (χ0) is 42.9. The van der Waals surface area contributed by atoms with Gasteiger partial charge in [-0.1, -0.05) is 42.3 Å². The summed E-state index contributed by atoms with van der Waals surface area (Å²) in [4.78, 5) is 82.0. The van der Waals surface area contributed by atoms with E-state index in [2.05, 4.69) is 5.32 Å². The van der Waals surface area contributed by atoms with Gasteiger partial charge in [0.25, 0.3) is 0 Å². The topological polar surface area (TPSA) is 194 Å². The third-order valence-electron chi connectivity index (χ3n) is 11.5. The van der Waals surface area contributed by atoms with Crippen LogP contribution in [0.4, 0.5) is 10.5 Å². The minimum atomic E-state index is -1.86. The van der Waals surface area contributed by atoms with Crippen molar-refractivity contribution in [1.82, 2.24) is 15.1 Å². The van der Waals surface area contributed by atoms with E-state index in [1.54, 1.807) is 45.2 Å². The number of hydrogen-bond acceptors (Lipinski definition) is 13. The number of likely N-dealkylation sites (tertiary alicyclic amines) is 1. The number of amides is 5. The predicted molar refractivity (Wildman–Crippen MR) is 214 cm³/mol. The Balaban J connectivity index is 1.43. The molecule has 16 nitrogen and oxygen atoms in total. The van der Waals surface area contributed by atoms with Gasteiger partial charge < -0.3 is 38.6 Å². The Bertz CT molecular complexity index is 1880. The van der Waals surface area contributed by atoms with Crippen LogP contribution < -0.4 is 15.0 Å². The van der Waals surface area contributed by atoms with Gasteiger partial charge in [0.05, 0.1) is 30.6 Å². The summed E-state index contributed by atoms with van der Waals surface area (Å²) in [5.41, 5.74) is -1.08. The summed E-state index contributed by atoms with van der Waals surface area (Å²) in [6.45, 7) is 6.87. The highest BCUT2D eigenvalue weighted by atomic mass is 35.5. The largest absolute Gasteiger partial charge is 0.495 e. The molecule has 1 aromatic carbocycles. The molecule has 3 saturated heterocycles. The third-order valence-corrected chi connectivity index (χ3v) is 13.1. The van der Waals surface area contributed by atoms with Gasteiger partial charge in [0.15, 0.2) is 5.72 Å². The lowest BCUT2D eigenvalue weighted by atomic mass is 9.83. The first kappa shape index (κ1) is 44.9. The van der Waals surface area contributed by atoms with Crippen molar-refractivity contribution in [2.24, 2.45) is 5.92 Å². The maximum atomic E-state index is 14.2. The van der Waals surface area contributed by atoms with Crippen LogP contribution in [0.15, 0.2) is 35.9 Å². The minimum absolute atomic E-state index is 0.00672. The van der Waals surface area contributed by atoms with E-state index in [9.17, 15) is 33.9 Å². The number of halogens is 1. The first-order valence-electron chi connectivity index (χ1n) is 19.0. The first-order valence-corrected chi connectivity index (χ1v) is 20.4. The molecule has 318 valence electrons. The fraction of sp³-hybridized carbons (Fsp3) is 0.600. The number of hydrogen-bond donors (Lipinski definition) is 2. The lowest BCUT2D eigenvalue weighted by molar-refractivity contribution is -0.162. The lowest BCUT2D eigenvalue weighted by Crippen LogP contribution is -2.63. The number of benzene rings is 1. The number of anilines is 1. The Hall–Kier alpha value is -4.16. The number of nitrogens with zero attached hydrogens (tertiary/aromatic N) is 3. The van der Waals surface area contributed by atoms with E-state index < -0.39 is 76.8 Å². The van der Waals surface area contributed by atoms with Gasteiger partial charge in [-0.05, 0) is 44.9 Å². The normalized spacial score (nSPS) is 32.3. The summed E-state index contributed by atoms with van der Waals surface area (Å²) in [7, 11) is 7.32. The van der Waals surface area contributed by atoms with Crippen LogP contribution in [0, 0.1) is 5.92 Å². The highest BCUT2D eigenvalue weighted by Gasteiger charge is 2.64. The molecule has 9 atom stereocenters. The summed E-state index contributed by atoms with van der Waals surface area (Å²) in [6.07, 6.45) is 0.641. The molecule has 4 aliphatic heterocycles. The molecule has 5 rings (SSSR count). The molecular weight excluding hydrogens is 796 g/mol. The lowest BCUT2D eigenvalue weighted by Gasteiger charge is -2.42. The van der Waals surface area contributed by atoms with Gasteiger partial charge in [-0.3, -0.25) is 29.4 Å². The van der Waals surface area contributed by atoms with Crippen LogP contribution in [0.5, 0.6) is 5.75 Å². The van der Waals surface area contributed by atoms with Gasteiger partial charge in [-0.15, -0.1) is 11.8 Å². The van der Waals surface area contributed by atoms with E-state index >= 15 is 0 Å². The molecule has 0 saturated carbocycles. The SMILES string of the molecule is COc1cc2cc(c1Cl)N(C)C(=O)C[C@H](OC(=O)[C@H](C)N(C)C(=O)CCSC1CC(=O)N(C)C1=O)[C@]1(C)O[C@H]1[C@H](C)[C@@H]1CC(O)(NC(=O)O1)[C@H](OC)/C=C/C=C(\C)C2. The number of aliphatic hydroxyl groups is 1. The summed E-state index contributed by atoms with van der Waals surface area (Å²) in [5.74, 6) is -2.22. The Morgan fingerprint density at radius 3 is 2.47 bits per heavy atom. The Kier molecular flexibility index (Phi) is 13.9. The number of fused-ring (bicyclic) bond motifs is 5. The molecule has 1 aromatic rings. The van der Waals surface area contributed by atoms with Crippen molar-refractivity contribution < 1.29 is 57.6 Å². The van der Waals surface area contributed by atoms with E-state index in [0.29, 0.717) is 17.9 Å². The first-order chi connectivity index (χ1) is 27.2. The number of ether oxygens (including phenoxy) is 5. The molecule has 2 unspecified atom stereocenters.